The number of benzene rings is 1. The van der Waals surface area contributed by atoms with Crippen LogP contribution < -0.4 is 5.32 Å². The maximum absolute atomic E-state index is 6.04. The SMILES string of the molecule is CC(CNCc1ccc(Br)c(Cl)c1)C1CC1. The van der Waals surface area contributed by atoms with Gasteiger partial charge in [0, 0.05) is 11.0 Å². The van der Waals surface area contributed by atoms with Crippen LogP contribution in [0, 0.1) is 11.8 Å². The highest BCUT2D eigenvalue weighted by Crippen LogP contribution is 2.36. The summed E-state index contributed by atoms with van der Waals surface area (Å²) >= 11 is 9.44. The Balaban J connectivity index is 1.78. The zero-order valence-electron chi connectivity index (χ0n) is 9.47. The Morgan fingerprint density at radius 3 is 2.88 bits per heavy atom. The minimum atomic E-state index is 0.787. The van der Waals surface area contributed by atoms with Crippen LogP contribution in [0.15, 0.2) is 22.7 Å². The van der Waals surface area contributed by atoms with E-state index in [1.165, 1.54) is 18.4 Å². The largest absolute Gasteiger partial charge is 0.312 e. The Labute approximate surface area is 111 Å². The van der Waals surface area contributed by atoms with E-state index in [2.05, 4.69) is 34.2 Å². The van der Waals surface area contributed by atoms with E-state index in [-0.39, 0.29) is 0 Å². The normalized spacial score (nSPS) is 17.4. The Kier molecular flexibility index (Phi) is 4.28. The van der Waals surface area contributed by atoms with Gasteiger partial charge in [0.15, 0.2) is 0 Å². The second-order valence-corrected chi connectivity index (χ2v) is 5.96. The topological polar surface area (TPSA) is 12.0 Å². The molecule has 1 N–H and O–H groups in total. The Hall–Kier alpha value is -0.0500. The van der Waals surface area contributed by atoms with Crippen molar-refractivity contribution in [2.45, 2.75) is 26.3 Å². The molecule has 1 saturated carbocycles. The van der Waals surface area contributed by atoms with E-state index in [0.717, 1.165) is 34.4 Å². The summed E-state index contributed by atoms with van der Waals surface area (Å²) in [5, 5.41) is 4.28. The summed E-state index contributed by atoms with van der Waals surface area (Å²) in [6.45, 7) is 4.35. The van der Waals surface area contributed by atoms with Gasteiger partial charge in [0.1, 0.15) is 0 Å². The van der Waals surface area contributed by atoms with Crippen LogP contribution in [-0.2, 0) is 6.54 Å². The monoisotopic (exact) mass is 301 g/mol. The molecule has 1 aromatic carbocycles. The highest BCUT2D eigenvalue weighted by molar-refractivity contribution is 9.10. The lowest BCUT2D eigenvalue weighted by Crippen LogP contribution is -2.21. The van der Waals surface area contributed by atoms with E-state index in [9.17, 15) is 0 Å². The molecular formula is C13H17BrClN. The van der Waals surface area contributed by atoms with Crippen molar-refractivity contribution in [3.63, 3.8) is 0 Å². The van der Waals surface area contributed by atoms with Crippen molar-refractivity contribution in [2.24, 2.45) is 11.8 Å². The summed E-state index contributed by atoms with van der Waals surface area (Å²) in [5.74, 6) is 1.78. The van der Waals surface area contributed by atoms with Gasteiger partial charge in [0.25, 0.3) is 0 Å². The molecule has 0 heterocycles. The Morgan fingerprint density at radius 2 is 2.25 bits per heavy atom. The maximum Gasteiger partial charge on any atom is 0.0551 e. The fraction of sp³-hybridized carbons (Fsp3) is 0.538. The molecule has 1 aliphatic carbocycles. The molecule has 1 unspecified atom stereocenters. The average molecular weight is 303 g/mol. The lowest BCUT2D eigenvalue weighted by Gasteiger charge is -2.11. The number of hydrogen-bond donors (Lipinski definition) is 1. The first-order chi connectivity index (χ1) is 7.66. The number of halogens is 2. The second-order valence-electron chi connectivity index (χ2n) is 4.69. The van der Waals surface area contributed by atoms with Gasteiger partial charge >= 0.3 is 0 Å². The number of rotatable bonds is 5. The van der Waals surface area contributed by atoms with Crippen molar-refractivity contribution in [1.82, 2.24) is 5.32 Å². The fourth-order valence-corrected chi connectivity index (χ4v) is 2.38. The third-order valence-corrected chi connectivity index (χ3v) is 4.44. The molecule has 0 aliphatic heterocycles. The summed E-state index contributed by atoms with van der Waals surface area (Å²) in [6, 6.07) is 6.12. The molecule has 1 atom stereocenters. The van der Waals surface area contributed by atoms with Crippen LogP contribution >= 0.6 is 27.5 Å². The summed E-state index contributed by atoms with van der Waals surface area (Å²) in [4.78, 5) is 0. The number of nitrogens with one attached hydrogen (secondary N) is 1. The van der Waals surface area contributed by atoms with Gasteiger partial charge in [-0.25, -0.2) is 0 Å². The standard InChI is InChI=1S/C13H17BrClN/c1-9(11-3-4-11)7-16-8-10-2-5-12(14)13(15)6-10/h2,5-6,9,11,16H,3-4,7-8H2,1H3. The lowest BCUT2D eigenvalue weighted by molar-refractivity contribution is 0.461. The average Bonchev–Trinajstić information content (AvgIpc) is 3.07. The third kappa shape index (κ3) is 3.47. The summed E-state index contributed by atoms with van der Waals surface area (Å²) < 4.78 is 0.962. The van der Waals surface area contributed by atoms with Crippen LogP contribution in [0.3, 0.4) is 0 Å². The summed E-state index contributed by atoms with van der Waals surface area (Å²) in [7, 11) is 0. The third-order valence-electron chi connectivity index (χ3n) is 3.21. The molecule has 0 bridgehead atoms. The quantitative estimate of drug-likeness (QED) is 0.858. The molecule has 0 amide bonds. The van der Waals surface area contributed by atoms with Gasteiger partial charge < -0.3 is 5.32 Å². The van der Waals surface area contributed by atoms with Crippen LogP contribution in [0.5, 0.6) is 0 Å². The van der Waals surface area contributed by atoms with Crippen LogP contribution in [0.4, 0.5) is 0 Å². The molecule has 1 aromatic rings. The first-order valence-corrected chi connectivity index (χ1v) is 6.98. The predicted molar refractivity (Wildman–Crippen MR) is 72.7 cm³/mol. The van der Waals surface area contributed by atoms with E-state index >= 15 is 0 Å². The van der Waals surface area contributed by atoms with E-state index in [1.807, 2.05) is 12.1 Å². The van der Waals surface area contributed by atoms with Gasteiger partial charge in [0.05, 0.1) is 5.02 Å². The minimum Gasteiger partial charge on any atom is -0.312 e. The van der Waals surface area contributed by atoms with Crippen LogP contribution in [0.2, 0.25) is 5.02 Å². The van der Waals surface area contributed by atoms with E-state index in [0.29, 0.717) is 0 Å². The number of hydrogen-bond acceptors (Lipinski definition) is 1. The van der Waals surface area contributed by atoms with Crippen molar-refractivity contribution in [3.05, 3.63) is 33.3 Å². The highest BCUT2D eigenvalue weighted by Gasteiger charge is 2.27. The van der Waals surface area contributed by atoms with Crippen LogP contribution in [0.1, 0.15) is 25.3 Å². The van der Waals surface area contributed by atoms with Gasteiger partial charge in [-0.2, -0.15) is 0 Å². The predicted octanol–water partition coefficient (Wildman–Crippen LogP) is 4.24. The molecule has 0 saturated heterocycles. The van der Waals surface area contributed by atoms with E-state index in [1.54, 1.807) is 0 Å². The molecule has 0 radical (unpaired) electrons. The molecule has 1 nitrogen and oxygen atoms in total. The molecule has 3 heteroatoms. The van der Waals surface area contributed by atoms with E-state index in [4.69, 9.17) is 11.6 Å². The van der Waals surface area contributed by atoms with Crippen molar-refractivity contribution in [3.8, 4) is 0 Å². The molecule has 1 aliphatic rings. The maximum atomic E-state index is 6.04. The van der Waals surface area contributed by atoms with Gasteiger partial charge in [0.2, 0.25) is 0 Å². The first kappa shape index (κ1) is 12.4. The van der Waals surface area contributed by atoms with E-state index < -0.39 is 0 Å². The molecular weight excluding hydrogens is 286 g/mol. The molecule has 2 rings (SSSR count). The molecule has 16 heavy (non-hydrogen) atoms. The van der Waals surface area contributed by atoms with Crippen molar-refractivity contribution < 1.29 is 0 Å². The van der Waals surface area contributed by atoms with Gasteiger partial charge in [-0.05, 0) is 64.8 Å². The van der Waals surface area contributed by atoms with Crippen molar-refractivity contribution in [2.75, 3.05) is 6.54 Å². The van der Waals surface area contributed by atoms with Gasteiger partial charge in [-0.15, -0.1) is 0 Å². The smallest absolute Gasteiger partial charge is 0.0551 e. The summed E-state index contributed by atoms with van der Waals surface area (Å²) in [5.41, 5.74) is 1.25. The van der Waals surface area contributed by atoms with Crippen molar-refractivity contribution in [1.29, 1.82) is 0 Å². The molecule has 88 valence electrons. The van der Waals surface area contributed by atoms with Crippen LogP contribution in [-0.4, -0.2) is 6.54 Å². The van der Waals surface area contributed by atoms with Crippen LogP contribution in [0.25, 0.3) is 0 Å². The molecule has 1 fully saturated rings. The highest BCUT2D eigenvalue weighted by atomic mass is 79.9. The zero-order valence-corrected chi connectivity index (χ0v) is 11.8. The van der Waals surface area contributed by atoms with Gasteiger partial charge in [-0.1, -0.05) is 24.6 Å². The van der Waals surface area contributed by atoms with Crippen molar-refractivity contribution >= 4 is 27.5 Å². The zero-order chi connectivity index (χ0) is 11.5. The van der Waals surface area contributed by atoms with Gasteiger partial charge in [-0.3, -0.25) is 0 Å². The Bertz CT molecular complexity index is 363. The lowest BCUT2D eigenvalue weighted by atomic mass is 10.1. The Morgan fingerprint density at radius 1 is 1.50 bits per heavy atom. The molecule has 0 spiro atoms. The summed E-state index contributed by atoms with van der Waals surface area (Å²) in [6.07, 6.45) is 2.85. The first-order valence-electron chi connectivity index (χ1n) is 5.81. The fourth-order valence-electron chi connectivity index (χ4n) is 1.93. The second kappa shape index (κ2) is 5.52. The molecule has 0 aromatic heterocycles. The minimum absolute atomic E-state index is 0.787.